The maximum atomic E-state index is 10.8. The number of rotatable bonds is 1. The van der Waals surface area contributed by atoms with Gasteiger partial charge in [-0.2, -0.15) is 0 Å². The van der Waals surface area contributed by atoms with Crippen molar-refractivity contribution in [2.24, 2.45) is 5.73 Å². The Morgan fingerprint density at radius 1 is 1.27 bits per heavy atom. The highest BCUT2D eigenvalue weighted by Crippen LogP contribution is 2.37. The highest BCUT2D eigenvalue weighted by Gasteiger charge is 2.44. The third-order valence-electron chi connectivity index (χ3n) is 3.55. The number of nitrogens with zero attached hydrogens (tertiary/aromatic N) is 1. The Kier molecular flexibility index (Phi) is 3.01. The first-order valence-corrected chi connectivity index (χ1v) is 5.35. The first-order valence-electron chi connectivity index (χ1n) is 5.35. The monoisotopic (exact) mass is 214 g/mol. The highest BCUT2D eigenvalue weighted by atomic mass is 16.6. The van der Waals surface area contributed by atoms with Gasteiger partial charge in [0.2, 0.25) is 0 Å². The van der Waals surface area contributed by atoms with Gasteiger partial charge in [0.15, 0.2) is 0 Å². The molecular formula is C11H22N2O2. The van der Waals surface area contributed by atoms with Crippen LogP contribution in [0.4, 0.5) is 4.79 Å². The Hall–Kier alpha value is -0.770. The molecule has 1 fully saturated rings. The molecule has 1 aliphatic heterocycles. The number of carbonyl (C=O) groups excluding carboxylic acids is 1. The summed E-state index contributed by atoms with van der Waals surface area (Å²) in [6.45, 7) is 8.63. The van der Waals surface area contributed by atoms with Crippen LogP contribution in [-0.4, -0.2) is 35.2 Å². The van der Waals surface area contributed by atoms with E-state index in [2.05, 4.69) is 39.6 Å². The van der Waals surface area contributed by atoms with Crippen LogP contribution in [0.5, 0.6) is 0 Å². The summed E-state index contributed by atoms with van der Waals surface area (Å²) < 4.78 is 5.12. The van der Waals surface area contributed by atoms with Gasteiger partial charge < -0.3 is 10.5 Å². The Morgan fingerprint density at radius 3 is 2.00 bits per heavy atom. The van der Waals surface area contributed by atoms with Crippen LogP contribution in [0.1, 0.15) is 40.5 Å². The van der Waals surface area contributed by atoms with Gasteiger partial charge in [-0.1, -0.05) is 0 Å². The van der Waals surface area contributed by atoms with E-state index in [4.69, 9.17) is 10.5 Å². The van der Waals surface area contributed by atoms with Crippen molar-refractivity contribution in [2.75, 3.05) is 7.05 Å². The summed E-state index contributed by atoms with van der Waals surface area (Å²) in [5.74, 6) is 0. The van der Waals surface area contributed by atoms with Gasteiger partial charge >= 0.3 is 6.09 Å². The lowest BCUT2D eigenvalue weighted by molar-refractivity contribution is -0.0667. The third-order valence-corrected chi connectivity index (χ3v) is 3.55. The first kappa shape index (κ1) is 12.3. The van der Waals surface area contributed by atoms with Crippen LogP contribution < -0.4 is 5.73 Å². The molecule has 0 spiro atoms. The molecule has 1 saturated heterocycles. The molecule has 4 nitrogen and oxygen atoms in total. The van der Waals surface area contributed by atoms with Gasteiger partial charge in [0.25, 0.3) is 0 Å². The predicted molar refractivity (Wildman–Crippen MR) is 59.6 cm³/mol. The number of carbonyl (C=O) groups is 1. The standard InChI is InChI=1S/C11H22N2O2/c1-10(2)6-8(15-9(12)14)7-11(3,4)13(10)5/h8H,6-7H2,1-5H3,(H2,12,14). The average molecular weight is 214 g/mol. The molecule has 0 aromatic rings. The number of hydrogen-bond acceptors (Lipinski definition) is 3. The molecule has 1 amide bonds. The largest absolute Gasteiger partial charge is 0.446 e. The Balaban J connectivity index is 2.79. The minimum absolute atomic E-state index is 0.0296. The Labute approximate surface area is 91.8 Å². The fourth-order valence-corrected chi connectivity index (χ4v) is 2.53. The second-order valence-corrected chi connectivity index (χ2v) is 5.65. The van der Waals surface area contributed by atoms with Gasteiger partial charge in [-0.3, -0.25) is 4.90 Å². The van der Waals surface area contributed by atoms with Gasteiger partial charge in [0.05, 0.1) is 0 Å². The fraction of sp³-hybridized carbons (Fsp3) is 0.909. The van der Waals surface area contributed by atoms with Crippen molar-refractivity contribution in [2.45, 2.75) is 57.7 Å². The van der Waals surface area contributed by atoms with Crippen molar-refractivity contribution in [3.8, 4) is 0 Å². The van der Waals surface area contributed by atoms with E-state index in [-0.39, 0.29) is 17.2 Å². The number of hydrogen-bond donors (Lipinski definition) is 1. The molecule has 0 unspecified atom stereocenters. The smallest absolute Gasteiger partial charge is 0.404 e. The van der Waals surface area contributed by atoms with Crippen molar-refractivity contribution in [3.63, 3.8) is 0 Å². The zero-order valence-electron chi connectivity index (χ0n) is 10.3. The van der Waals surface area contributed by atoms with E-state index >= 15 is 0 Å². The molecule has 0 aromatic heterocycles. The molecule has 88 valence electrons. The number of primary amides is 1. The van der Waals surface area contributed by atoms with E-state index < -0.39 is 6.09 Å². The summed E-state index contributed by atoms with van der Waals surface area (Å²) in [5, 5.41) is 0. The van der Waals surface area contributed by atoms with Crippen LogP contribution in [0.3, 0.4) is 0 Å². The maximum absolute atomic E-state index is 10.8. The zero-order valence-corrected chi connectivity index (χ0v) is 10.3. The molecule has 1 aliphatic rings. The molecular weight excluding hydrogens is 192 g/mol. The summed E-state index contributed by atoms with van der Waals surface area (Å²) in [5.41, 5.74) is 5.12. The SMILES string of the molecule is CN1C(C)(C)CC(OC(N)=O)CC1(C)C. The molecule has 0 bridgehead atoms. The van der Waals surface area contributed by atoms with Crippen molar-refractivity contribution in [3.05, 3.63) is 0 Å². The van der Waals surface area contributed by atoms with Crippen LogP contribution in [-0.2, 0) is 4.74 Å². The Bertz CT molecular complexity index is 243. The molecule has 0 atom stereocenters. The van der Waals surface area contributed by atoms with Gasteiger partial charge in [0, 0.05) is 23.9 Å². The van der Waals surface area contributed by atoms with Crippen molar-refractivity contribution in [1.82, 2.24) is 4.90 Å². The third kappa shape index (κ3) is 2.62. The number of amides is 1. The quantitative estimate of drug-likeness (QED) is 0.723. The van der Waals surface area contributed by atoms with Crippen LogP contribution in [0, 0.1) is 0 Å². The van der Waals surface area contributed by atoms with Crippen LogP contribution in [0.2, 0.25) is 0 Å². The maximum Gasteiger partial charge on any atom is 0.404 e. The topological polar surface area (TPSA) is 55.6 Å². The average Bonchev–Trinajstić information content (AvgIpc) is 1.97. The minimum atomic E-state index is -0.670. The number of nitrogens with two attached hydrogens (primary N) is 1. The highest BCUT2D eigenvalue weighted by molar-refractivity contribution is 5.64. The molecule has 0 aromatic carbocycles. The van der Waals surface area contributed by atoms with Crippen LogP contribution in [0.25, 0.3) is 0 Å². The Morgan fingerprint density at radius 2 is 1.67 bits per heavy atom. The van der Waals surface area contributed by atoms with Gasteiger partial charge in [-0.05, 0) is 34.7 Å². The van der Waals surface area contributed by atoms with Gasteiger partial charge in [-0.15, -0.1) is 0 Å². The van der Waals surface area contributed by atoms with E-state index in [1.807, 2.05) is 0 Å². The number of ether oxygens (including phenoxy) is 1. The number of piperidine rings is 1. The molecule has 0 aliphatic carbocycles. The molecule has 1 heterocycles. The van der Waals surface area contributed by atoms with E-state index in [1.54, 1.807) is 0 Å². The fourth-order valence-electron chi connectivity index (χ4n) is 2.53. The summed E-state index contributed by atoms with van der Waals surface area (Å²) >= 11 is 0. The van der Waals surface area contributed by atoms with E-state index in [9.17, 15) is 4.79 Å². The molecule has 0 radical (unpaired) electrons. The predicted octanol–water partition coefficient (Wildman–Crippen LogP) is 1.73. The normalized spacial score (nSPS) is 26.2. The van der Waals surface area contributed by atoms with E-state index in [0.717, 1.165) is 12.8 Å². The summed E-state index contributed by atoms with van der Waals surface area (Å²) in [6, 6.07) is 0. The lowest BCUT2D eigenvalue weighted by atomic mass is 9.79. The first-order chi connectivity index (χ1) is 6.65. The van der Waals surface area contributed by atoms with E-state index in [1.165, 1.54) is 0 Å². The molecule has 4 heteroatoms. The lowest BCUT2D eigenvalue weighted by Gasteiger charge is -2.53. The van der Waals surface area contributed by atoms with Gasteiger partial charge in [0.1, 0.15) is 6.10 Å². The molecule has 2 N–H and O–H groups in total. The molecule has 0 saturated carbocycles. The zero-order chi connectivity index (χ0) is 11.9. The van der Waals surface area contributed by atoms with Crippen molar-refractivity contribution < 1.29 is 9.53 Å². The van der Waals surface area contributed by atoms with E-state index in [0.29, 0.717) is 0 Å². The molecule has 15 heavy (non-hydrogen) atoms. The van der Waals surface area contributed by atoms with Crippen molar-refractivity contribution in [1.29, 1.82) is 0 Å². The van der Waals surface area contributed by atoms with Crippen molar-refractivity contribution >= 4 is 6.09 Å². The van der Waals surface area contributed by atoms with Crippen LogP contribution in [0.15, 0.2) is 0 Å². The summed E-state index contributed by atoms with van der Waals surface area (Å²) in [4.78, 5) is 13.1. The summed E-state index contributed by atoms with van der Waals surface area (Å²) in [6.07, 6.45) is 0.922. The molecule has 1 rings (SSSR count). The second-order valence-electron chi connectivity index (χ2n) is 5.65. The second kappa shape index (κ2) is 3.67. The lowest BCUT2D eigenvalue weighted by Crippen LogP contribution is -2.60. The summed E-state index contributed by atoms with van der Waals surface area (Å²) in [7, 11) is 2.11. The number of likely N-dealkylation sites (tertiary alicyclic amines) is 1. The van der Waals surface area contributed by atoms with Crippen LogP contribution >= 0.6 is 0 Å². The minimum Gasteiger partial charge on any atom is -0.446 e. The van der Waals surface area contributed by atoms with Gasteiger partial charge in [-0.25, -0.2) is 4.79 Å².